The number of carbonyl (C=O) groups is 2. The maximum Gasteiger partial charge on any atom is 0.259 e. The zero-order valence-electron chi connectivity index (χ0n) is 14.4. The highest BCUT2D eigenvalue weighted by Crippen LogP contribution is 2.24. The summed E-state index contributed by atoms with van der Waals surface area (Å²) in [6, 6.07) is 12.8. The van der Waals surface area contributed by atoms with Gasteiger partial charge in [0, 0.05) is 30.8 Å². The highest BCUT2D eigenvalue weighted by molar-refractivity contribution is 5.99. The van der Waals surface area contributed by atoms with E-state index in [0.29, 0.717) is 44.0 Å². The molecule has 2 heterocycles. The number of nitrogens with zero attached hydrogens (tertiary/aromatic N) is 2. The molecular weight excluding hydrogens is 316 g/mol. The Morgan fingerprint density at radius 3 is 2.52 bits per heavy atom. The first-order valence-electron chi connectivity index (χ1n) is 8.67. The highest BCUT2D eigenvalue weighted by Gasteiger charge is 2.29. The number of piperidine rings is 1. The summed E-state index contributed by atoms with van der Waals surface area (Å²) in [6.07, 6.45) is 2.99. The molecule has 1 saturated heterocycles. The minimum Gasteiger partial charge on any atom is -0.477 e. The topological polar surface area (TPSA) is 59.5 Å². The SMILES string of the molecule is CCOc1ncccc1C(=O)N1CCC(C(=O)c2ccccc2)CC1. The Labute approximate surface area is 147 Å². The van der Waals surface area contributed by atoms with Crippen molar-refractivity contribution in [1.82, 2.24) is 9.88 Å². The average Bonchev–Trinajstić information content (AvgIpc) is 2.68. The predicted octanol–water partition coefficient (Wildman–Crippen LogP) is 3.22. The second-order valence-corrected chi connectivity index (χ2v) is 6.09. The third kappa shape index (κ3) is 3.87. The zero-order chi connectivity index (χ0) is 17.6. The first-order valence-corrected chi connectivity index (χ1v) is 8.67. The number of hydrogen-bond donors (Lipinski definition) is 0. The van der Waals surface area contributed by atoms with Crippen LogP contribution in [0.15, 0.2) is 48.7 Å². The van der Waals surface area contributed by atoms with Gasteiger partial charge < -0.3 is 9.64 Å². The van der Waals surface area contributed by atoms with E-state index in [1.165, 1.54) is 0 Å². The lowest BCUT2D eigenvalue weighted by atomic mass is 9.88. The number of rotatable bonds is 5. The van der Waals surface area contributed by atoms with E-state index in [1.54, 1.807) is 23.2 Å². The summed E-state index contributed by atoms with van der Waals surface area (Å²) in [5.41, 5.74) is 1.23. The smallest absolute Gasteiger partial charge is 0.259 e. The minimum atomic E-state index is -0.0813. The van der Waals surface area contributed by atoms with E-state index < -0.39 is 0 Å². The number of ketones is 1. The average molecular weight is 338 g/mol. The van der Waals surface area contributed by atoms with Crippen LogP contribution in [0.5, 0.6) is 5.88 Å². The summed E-state index contributed by atoms with van der Waals surface area (Å²) < 4.78 is 5.45. The van der Waals surface area contributed by atoms with E-state index in [4.69, 9.17) is 4.74 Å². The van der Waals surface area contributed by atoms with Crippen LogP contribution in [-0.4, -0.2) is 41.3 Å². The number of benzene rings is 1. The Hall–Kier alpha value is -2.69. The second kappa shape index (κ2) is 7.92. The van der Waals surface area contributed by atoms with Gasteiger partial charge in [-0.3, -0.25) is 9.59 Å². The second-order valence-electron chi connectivity index (χ2n) is 6.09. The van der Waals surface area contributed by atoms with Gasteiger partial charge in [-0.05, 0) is 31.9 Å². The molecule has 0 bridgehead atoms. The Kier molecular flexibility index (Phi) is 5.43. The number of hydrogen-bond acceptors (Lipinski definition) is 4. The molecule has 25 heavy (non-hydrogen) atoms. The molecule has 0 unspecified atom stereocenters. The van der Waals surface area contributed by atoms with Gasteiger partial charge >= 0.3 is 0 Å². The van der Waals surface area contributed by atoms with Crippen LogP contribution < -0.4 is 4.74 Å². The molecule has 1 aliphatic rings. The van der Waals surface area contributed by atoms with Gasteiger partial charge in [0.2, 0.25) is 5.88 Å². The number of Topliss-reactive ketones (excluding diaryl/α,β-unsaturated/α-hetero) is 1. The van der Waals surface area contributed by atoms with Crippen LogP contribution in [0.25, 0.3) is 0 Å². The Morgan fingerprint density at radius 1 is 1.12 bits per heavy atom. The fourth-order valence-corrected chi connectivity index (χ4v) is 3.16. The lowest BCUT2D eigenvalue weighted by Crippen LogP contribution is -2.40. The van der Waals surface area contributed by atoms with Crippen molar-refractivity contribution in [3.05, 3.63) is 59.8 Å². The molecule has 0 aliphatic carbocycles. The van der Waals surface area contributed by atoms with Gasteiger partial charge in [0.05, 0.1) is 6.61 Å². The van der Waals surface area contributed by atoms with Crippen LogP contribution >= 0.6 is 0 Å². The van der Waals surface area contributed by atoms with Crippen molar-refractivity contribution in [3.8, 4) is 5.88 Å². The quantitative estimate of drug-likeness (QED) is 0.786. The molecule has 2 aromatic rings. The van der Waals surface area contributed by atoms with E-state index in [9.17, 15) is 9.59 Å². The summed E-state index contributed by atoms with van der Waals surface area (Å²) >= 11 is 0. The Morgan fingerprint density at radius 2 is 1.84 bits per heavy atom. The molecule has 5 nitrogen and oxygen atoms in total. The maximum atomic E-state index is 12.8. The van der Waals surface area contributed by atoms with Crippen LogP contribution in [0.4, 0.5) is 0 Å². The molecule has 0 N–H and O–H groups in total. The molecule has 1 aromatic heterocycles. The summed E-state index contributed by atoms with van der Waals surface area (Å²) in [4.78, 5) is 31.2. The number of likely N-dealkylation sites (tertiary alicyclic amines) is 1. The number of amides is 1. The van der Waals surface area contributed by atoms with E-state index >= 15 is 0 Å². The Balaban J connectivity index is 1.64. The first kappa shape index (κ1) is 17.1. The maximum absolute atomic E-state index is 12.8. The molecule has 130 valence electrons. The van der Waals surface area contributed by atoms with Gasteiger partial charge in [-0.25, -0.2) is 4.98 Å². The van der Waals surface area contributed by atoms with Crippen LogP contribution in [0.1, 0.15) is 40.5 Å². The standard InChI is InChI=1S/C20H22N2O3/c1-2-25-19-17(9-6-12-21-19)20(24)22-13-10-16(11-14-22)18(23)15-7-4-3-5-8-15/h3-9,12,16H,2,10-11,13-14H2,1H3. The summed E-state index contributed by atoms with van der Waals surface area (Å²) in [5, 5.41) is 0. The van der Waals surface area contributed by atoms with Crippen LogP contribution in [0, 0.1) is 5.92 Å². The van der Waals surface area contributed by atoms with E-state index in [-0.39, 0.29) is 17.6 Å². The molecular formula is C20H22N2O3. The van der Waals surface area contributed by atoms with Crippen molar-refractivity contribution in [2.75, 3.05) is 19.7 Å². The van der Waals surface area contributed by atoms with E-state index in [0.717, 1.165) is 5.56 Å². The van der Waals surface area contributed by atoms with Crippen LogP contribution in [0.2, 0.25) is 0 Å². The highest BCUT2D eigenvalue weighted by atomic mass is 16.5. The molecule has 3 rings (SSSR count). The molecule has 1 aromatic carbocycles. The molecule has 0 radical (unpaired) electrons. The van der Waals surface area contributed by atoms with Gasteiger partial charge in [0.25, 0.3) is 5.91 Å². The van der Waals surface area contributed by atoms with E-state index in [2.05, 4.69) is 4.98 Å². The fraction of sp³-hybridized carbons (Fsp3) is 0.350. The number of pyridine rings is 1. The summed E-state index contributed by atoms with van der Waals surface area (Å²) in [7, 11) is 0. The molecule has 1 fully saturated rings. The zero-order valence-corrected chi connectivity index (χ0v) is 14.4. The number of ether oxygens (including phenoxy) is 1. The Bertz CT molecular complexity index is 738. The van der Waals surface area contributed by atoms with E-state index in [1.807, 2.05) is 37.3 Å². The number of carbonyl (C=O) groups excluding carboxylic acids is 2. The summed E-state index contributed by atoms with van der Waals surface area (Å²) in [6.45, 7) is 3.47. The van der Waals surface area contributed by atoms with Crippen molar-refractivity contribution in [1.29, 1.82) is 0 Å². The molecule has 5 heteroatoms. The van der Waals surface area contributed by atoms with Gasteiger partial charge in [-0.1, -0.05) is 30.3 Å². The van der Waals surface area contributed by atoms with Crippen LogP contribution in [0.3, 0.4) is 0 Å². The van der Waals surface area contributed by atoms with Crippen molar-refractivity contribution in [2.45, 2.75) is 19.8 Å². The first-order chi connectivity index (χ1) is 12.2. The summed E-state index contributed by atoms with van der Waals surface area (Å²) in [5.74, 6) is 0.440. The van der Waals surface area contributed by atoms with Gasteiger partial charge in [-0.2, -0.15) is 0 Å². The largest absolute Gasteiger partial charge is 0.477 e. The molecule has 0 spiro atoms. The molecule has 1 amide bonds. The molecule has 1 aliphatic heterocycles. The number of aromatic nitrogens is 1. The predicted molar refractivity (Wildman–Crippen MR) is 94.8 cm³/mol. The minimum absolute atomic E-state index is 0.0216. The fourth-order valence-electron chi connectivity index (χ4n) is 3.16. The van der Waals surface area contributed by atoms with Gasteiger partial charge in [-0.15, -0.1) is 0 Å². The third-order valence-corrected chi connectivity index (χ3v) is 4.49. The lowest BCUT2D eigenvalue weighted by Gasteiger charge is -2.31. The molecule has 0 atom stereocenters. The van der Waals surface area contributed by atoms with Crippen LogP contribution in [-0.2, 0) is 0 Å². The molecule has 0 saturated carbocycles. The van der Waals surface area contributed by atoms with Crippen molar-refractivity contribution in [3.63, 3.8) is 0 Å². The van der Waals surface area contributed by atoms with Gasteiger partial charge in [0.1, 0.15) is 5.56 Å². The van der Waals surface area contributed by atoms with Gasteiger partial charge in [0.15, 0.2) is 5.78 Å². The normalized spacial score (nSPS) is 15.0. The monoisotopic (exact) mass is 338 g/mol. The van der Waals surface area contributed by atoms with Crippen molar-refractivity contribution >= 4 is 11.7 Å². The van der Waals surface area contributed by atoms with Crippen molar-refractivity contribution in [2.24, 2.45) is 5.92 Å². The third-order valence-electron chi connectivity index (χ3n) is 4.49. The van der Waals surface area contributed by atoms with Crippen molar-refractivity contribution < 1.29 is 14.3 Å². The lowest BCUT2D eigenvalue weighted by molar-refractivity contribution is 0.0646.